The number of hydrogen-bond acceptors (Lipinski definition) is 1. The molecule has 0 fully saturated rings. The Bertz CT molecular complexity index is 223. The molecule has 1 rings (SSSR count). The lowest BCUT2D eigenvalue weighted by Crippen LogP contribution is -1.98. The standard InChI is InChI=1S/C8H14N2/c1-6(2)8-9-7(3)5-10(8)4/h5-6H,1-4H3. The molecule has 0 unspecified atom stereocenters. The topological polar surface area (TPSA) is 17.8 Å². The van der Waals surface area contributed by atoms with Crippen LogP contribution in [-0.2, 0) is 7.05 Å². The lowest BCUT2D eigenvalue weighted by Gasteiger charge is -2.02. The summed E-state index contributed by atoms with van der Waals surface area (Å²) in [6, 6.07) is 0. The number of rotatable bonds is 1. The second kappa shape index (κ2) is 2.45. The van der Waals surface area contributed by atoms with Crippen LogP contribution in [0.2, 0.25) is 0 Å². The van der Waals surface area contributed by atoms with Gasteiger partial charge in [0.05, 0.1) is 5.69 Å². The minimum atomic E-state index is 0.527. The quantitative estimate of drug-likeness (QED) is 0.579. The lowest BCUT2D eigenvalue weighted by atomic mass is 10.2. The van der Waals surface area contributed by atoms with Crippen molar-refractivity contribution >= 4 is 0 Å². The molecule has 0 radical (unpaired) electrons. The van der Waals surface area contributed by atoms with Crippen LogP contribution in [0.3, 0.4) is 0 Å². The maximum Gasteiger partial charge on any atom is 0.111 e. The van der Waals surface area contributed by atoms with Gasteiger partial charge in [-0.25, -0.2) is 4.98 Å². The fraction of sp³-hybridized carbons (Fsp3) is 0.625. The van der Waals surface area contributed by atoms with Crippen LogP contribution in [0.4, 0.5) is 0 Å². The van der Waals surface area contributed by atoms with Crippen LogP contribution in [0, 0.1) is 6.92 Å². The zero-order chi connectivity index (χ0) is 7.72. The second-order valence-electron chi connectivity index (χ2n) is 3.01. The first kappa shape index (κ1) is 7.32. The summed E-state index contributed by atoms with van der Waals surface area (Å²) in [7, 11) is 2.04. The first-order chi connectivity index (χ1) is 4.61. The summed E-state index contributed by atoms with van der Waals surface area (Å²) in [6.07, 6.45) is 2.05. The third-order valence-corrected chi connectivity index (χ3v) is 1.55. The molecule has 1 aromatic heterocycles. The summed E-state index contributed by atoms with van der Waals surface area (Å²) in [5, 5.41) is 0. The van der Waals surface area contributed by atoms with Gasteiger partial charge in [-0.1, -0.05) is 13.8 Å². The molecule has 0 saturated carbocycles. The Labute approximate surface area is 61.9 Å². The van der Waals surface area contributed by atoms with Gasteiger partial charge in [-0.05, 0) is 6.92 Å². The van der Waals surface area contributed by atoms with E-state index in [2.05, 4.69) is 29.6 Å². The molecule has 1 heterocycles. The third kappa shape index (κ3) is 1.20. The van der Waals surface area contributed by atoms with E-state index < -0.39 is 0 Å². The van der Waals surface area contributed by atoms with Gasteiger partial charge in [0.15, 0.2) is 0 Å². The van der Waals surface area contributed by atoms with Crippen molar-refractivity contribution in [2.24, 2.45) is 7.05 Å². The minimum Gasteiger partial charge on any atom is -0.338 e. The zero-order valence-corrected chi connectivity index (χ0v) is 7.05. The van der Waals surface area contributed by atoms with Crippen LogP contribution in [0.5, 0.6) is 0 Å². The van der Waals surface area contributed by atoms with Crippen LogP contribution in [0.1, 0.15) is 31.3 Å². The SMILES string of the molecule is Cc1cn(C)c(C(C)C)n1. The average Bonchev–Trinajstić information content (AvgIpc) is 2.10. The Morgan fingerprint density at radius 3 is 2.30 bits per heavy atom. The Morgan fingerprint density at radius 2 is 2.10 bits per heavy atom. The van der Waals surface area contributed by atoms with Gasteiger partial charge < -0.3 is 4.57 Å². The van der Waals surface area contributed by atoms with Gasteiger partial charge >= 0.3 is 0 Å². The Morgan fingerprint density at radius 1 is 1.50 bits per heavy atom. The maximum atomic E-state index is 4.37. The van der Waals surface area contributed by atoms with Crippen molar-refractivity contribution in [1.82, 2.24) is 9.55 Å². The Balaban J connectivity index is 3.03. The van der Waals surface area contributed by atoms with Crippen LogP contribution in [0.25, 0.3) is 0 Å². The van der Waals surface area contributed by atoms with Gasteiger partial charge in [0, 0.05) is 19.2 Å². The van der Waals surface area contributed by atoms with Gasteiger partial charge in [0.1, 0.15) is 5.82 Å². The summed E-state index contributed by atoms with van der Waals surface area (Å²) in [5.74, 6) is 1.69. The zero-order valence-electron chi connectivity index (χ0n) is 7.05. The monoisotopic (exact) mass is 138 g/mol. The molecule has 0 bridgehead atoms. The first-order valence-corrected chi connectivity index (χ1v) is 3.61. The molecule has 56 valence electrons. The van der Waals surface area contributed by atoms with Gasteiger partial charge in [0.2, 0.25) is 0 Å². The van der Waals surface area contributed by atoms with E-state index in [1.165, 1.54) is 0 Å². The number of imidazole rings is 1. The van der Waals surface area contributed by atoms with Crippen LogP contribution in [-0.4, -0.2) is 9.55 Å². The fourth-order valence-electron chi connectivity index (χ4n) is 1.17. The van der Waals surface area contributed by atoms with E-state index in [-0.39, 0.29) is 0 Å². The van der Waals surface area contributed by atoms with E-state index >= 15 is 0 Å². The predicted octanol–water partition coefficient (Wildman–Crippen LogP) is 1.85. The van der Waals surface area contributed by atoms with Crippen LogP contribution in [0.15, 0.2) is 6.20 Å². The molecule has 0 N–H and O–H groups in total. The van der Waals surface area contributed by atoms with Gasteiger partial charge in [0.25, 0.3) is 0 Å². The lowest BCUT2D eigenvalue weighted by molar-refractivity contribution is 0.710. The van der Waals surface area contributed by atoms with Crippen molar-refractivity contribution in [2.45, 2.75) is 26.7 Å². The summed E-state index contributed by atoms with van der Waals surface area (Å²) in [5.41, 5.74) is 1.10. The normalized spacial score (nSPS) is 10.9. The number of hydrogen-bond donors (Lipinski definition) is 0. The summed E-state index contributed by atoms with van der Waals surface area (Å²) < 4.78 is 2.08. The highest BCUT2D eigenvalue weighted by atomic mass is 15.0. The van der Waals surface area contributed by atoms with E-state index in [0.29, 0.717) is 5.92 Å². The third-order valence-electron chi connectivity index (χ3n) is 1.55. The fourth-order valence-corrected chi connectivity index (χ4v) is 1.17. The molecule has 0 spiro atoms. The first-order valence-electron chi connectivity index (χ1n) is 3.61. The van der Waals surface area contributed by atoms with E-state index in [0.717, 1.165) is 11.5 Å². The molecule has 0 aliphatic rings. The van der Waals surface area contributed by atoms with Gasteiger partial charge in [-0.2, -0.15) is 0 Å². The molecular weight excluding hydrogens is 124 g/mol. The smallest absolute Gasteiger partial charge is 0.111 e. The van der Waals surface area contributed by atoms with E-state index in [4.69, 9.17) is 0 Å². The van der Waals surface area contributed by atoms with Gasteiger partial charge in [-0.3, -0.25) is 0 Å². The minimum absolute atomic E-state index is 0.527. The van der Waals surface area contributed by atoms with E-state index in [9.17, 15) is 0 Å². The Kier molecular flexibility index (Phi) is 1.79. The van der Waals surface area contributed by atoms with Gasteiger partial charge in [-0.15, -0.1) is 0 Å². The molecule has 2 heteroatoms. The maximum absolute atomic E-state index is 4.37. The predicted molar refractivity (Wildman–Crippen MR) is 42.0 cm³/mol. The number of aromatic nitrogens is 2. The number of aryl methyl sites for hydroxylation is 2. The summed E-state index contributed by atoms with van der Waals surface area (Å²) in [6.45, 7) is 6.33. The van der Waals surface area contributed by atoms with Crippen molar-refractivity contribution in [2.75, 3.05) is 0 Å². The summed E-state index contributed by atoms with van der Waals surface area (Å²) in [4.78, 5) is 4.37. The van der Waals surface area contributed by atoms with Crippen LogP contribution < -0.4 is 0 Å². The molecule has 0 amide bonds. The highest BCUT2D eigenvalue weighted by Crippen LogP contribution is 2.11. The van der Waals surface area contributed by atoms with Crippen molar-refractivity contribution in [3.8, 4) is 0 Å². The molecule has 1 aromatic rings. The molecule has 0 aromatic carbocycles. The van der Waals surface area contributed by atoms with Crippen molar-refractivity contribution in [1.29, 1.82) is 0 Å². The largest absolute Gasteiger partial charge is 0.338 e. The summed E-state index contributed by atoms with van der Waals surface area (Å²) >= 11 is 0. The highest BCUT2D eigenvalue weighted by molar-refractivity contribution is 5.04. The van der Waals surface area contributed by atoms with Crippen molar-refractivity contribution in [3.05, 3.63) is 17.7 Å². The molecular formula is C8H14N2. The molecule has 0 aliphatic heterocycles. The molecule has 0 aliphatic carbocycles. The molecule has 0 saturated heterocycles. The number of nitrogens with zero attached hydrogens (tertiary/aromatic N) is 2. The van der Waals surface area contributed by atoms with E-state index in [1.54, 1.807) is 0 Å². The highest BCUT2D eigenvalue weighted by Gasteiger charge is 2.04. The molecule has 0 atom stereocenters. The van der Waals surface area contributed by atoms with E-state index in [1.807, 2.05) is 14.0 Å². The van der Waals surface area contributed by atoms with Crippen LogP contribution >= 0.6 is 0 Å². The second-order valence-corrected chi connectivity index (χ2v) is 3.01. The Hall–Kier alpha value is -0.790. The van der Waals surface area contributed by atoms with Crippen molar-refractivity contribution < 1.29 is 0 Å². The molecule has 2 nitrogen and oxygen atoms in total. The van der Waals surface area contributed by atoms with Crippen molar-refractivity contribution in [3.63, 3.8) is 0 Å². The molecule has 10 heavy (non-hydrogen) atoms. The average molecular weight is 138 g/mol.